The van der Waals surface area contributed by atoms with Crippen LogP contribution in [0.4, 0.5) is 27.6 Å². The summed E-state index contributed by atoms with van der Waals surface area (Å²) in [5, 5.41) is 5.03. The summed E-state index contributed by atoms with van der Waals surface area (Å²) in [7, 11) is 1.20. The molecule has 1 N–H and O–H groups in total. The molecule has 0 saturated heterocycles. The van der Waals surface area contributed by atoms with Gasteiger partial charge in [0.25, 0.3) is 5.91 Å². The maximum Gasteiger partial charge on any atom is 0.435 e. The monoisotopic (exact) mass is 305 g/mol. The summed E-state index contributed by atoms with van der Waals surface area (Å²) in [6, 6.07) is 2.23. The van der Waals surface area contributed by atoms with Gasteiger partial charge in [-0.1, -0.05) is 0 Å². The van der Waals surface area contributed by atoms with Crippen LogP contribution in [-0.2, 0) is 13.2 Å². The first-order valence-corrected chi connectivity index (χ1v) is 5.55. The van der Waals surface area contributed by atoms with Crippen molar-refractivity contribution in [2.75, 3.05) is 5.32 Å². The minimum atomic E-state index is -4.84. The predicted molar refractivity (Wildman–Crippen MR) is 62.5 cm³/mol. The van der Waals surface area contributed by atoms with Gasteiger partial charge in [0, 0.05) is 19.3 Å². The molecule has 2 aromatic rings. The Hall–Kier alpha value is -2.45. The van der Waals surface area contributed by atoms with Crippen molar-refractivity contribution in [3.05, 3.63) is 47.3 Å². The Kier molecular flexibility index (Phi) is 3.67. The lowest BCUT2D eigenvalue weighted by Crippen LogP contribution is -2.18. The van der Waals surface area contributed by atoms with Crippen molar-refractivity contribution in [2.24, 2.45) is 7.05 Å². The number of carbonyl (C=O) groups is 1. The molecule has 1 heterocycles. The summed E-state index contributed by atoms with van der Waals surface area (Å²) in [5.41, 5.74) is -2.75. The summed E-state index contributed by atoms with van der Waals surface area (Å²) in [6.45, 7) is 0. The molecular weight excluding hydrogens is 297 g/mol. The molecule has 0 aliphatic heterocycles. The van der Waals surface area contributed by atoms with Gasteiger partial charge in [-0.15, -0.1) is 0 Å². The molecule has 1 aromatic heterocycles. The highest BCUT2D eigenvalue weighted by Crippen LogP contribution is 2.31. The van der Waals surface area contributed by atoms with Gasteiger partial charge in [-0.05, 0) is 12.1 Å². The molecule has 9 heteroatoms. The molecule has 0 spiro atoms. The van der Waals surface area contributed by atoms with Crippen LogP contribution in [0.2, 0.25) is 0 Å². The van der Waals surface area contributed by atoms with E-state index in [1.807, 2.05) is 5.32 Å². The van der Waals surface area contributed by atoms with Crippen LogP contribution in [0.25, 0.3) is 0 Å². The lowest BCUT2D eigenvalue weighted by molar-refractivity contribution is -0.141. The second-order valence-electron chi connectivity index (χ2n) is 4.14. The minimum absolute atomic E-state index is 0.558. The van der Waals surface area contributed by atoms with E-state index in [4.69, 9.17) is 0 Å². The number of carbonyl (C=O) groups excluding carboxylic acids is 1. The Morgan fingerprint density at radius 3 is 2.57 bits per heavy atom. The second kappa shape index (κ2) is 5.15. The summed E-state index contributed by atoms with van der Waals surface area (Å²) in [4.78, 5) is 11.8. The third kappa shape index (κ3) is 3.18. The molecule has 0 atom stereocenters. The third-order valence-electron chi connectivity index (χ3n) is 2.52. The van der Waals surface area contributed by atoms with Crippen molar-refractivity contribution in [1.29, 1.82) is 0 Å². The SMILES string of the molecule is Cn1cc(C(=O)Nc2cc(F)ccc2F)c(C(F)(F)F)n1. The van der Waals surface area contributed by atoms with E-state index in [1.165, 1.54) is 7.05 Å². The van der Waals surface area contributed by atoms with Crippen molar-refractivity contribution in [3.8, 4) is 0 Å². The number of benzene rings is 1. The number of hydrogen-bond acceptors (Lipinski definition) is 2. The first-order valence-electron chi connectivity index (χ1n) is 5.55. The van der Waals surface area contributed by atoms with Gasteiger partial charge in [-0.2, -0.15) is 18.3 Å². The fourth-order valence-electron chi connectivity index (χ4n) is 1.65. The topological polar surface area (TPSA) is 46.9 Å². The number of alkyl halides is 3. The van der Waals surface area contributed by atoms with E-state index in [0.717, 1.165) is 23.0 Å². The van der Waals surface area contributed by atoms with E-state index < -0.39 is 40.7 Å². The standard InChI is InChI=1S/C12H8F5N3O/c1-20-5-7(10(19-20)12(15,16)17)11(21)18-9-4-6(13)2-3-8(9)14/h2-5H,1H3,(H,18,21). The van der Waals surface area contributed by atoms with Crippen LogP contribution in [0, 0.1) is 11.6 Å². The number of amides is 1. The normalized spacial score (nSPS) is 11.5. The molecule has 0 radical (unpaired) electrons. The number of aromatic nitrogens is 2. The minimum Gasteiger partial charge on any atom is -0.319 e. The van der Waals surface area contributed by atoms with Gasteiger partial charge >= 0.3 is 6.18 Å². The summed E-state index contributed by atoms with van der Waals surface area (Å²) >= 11 is 0. The van der Waals surface area contributed by atoms with Crippen molar-refractivity contribution in [1.82, 2.24) is 9.78 Å². The number of nitrogens with one attached hydrogen (secondary N) is 1. The van der Waals surface area contributed by atoms with E-state index in [2.05, 4.69) is 5.10 Å². The number of rotatable bonds is 2. The Balaban J connectivity index is 2.35. The molecule has 1 aromatic carbocycles. The van der Waals surface area contributed by atoms with E-state index in [1.54, 1.807) is 0 Å². The third-order valence-corrected chi connectivity index (χ3v) is 2.52. The fraction of sp³-hybridized carbons (Fsp3) is 0.167. The van der Waals surface area contributed by atoms with E-state index >= 15 is 0 Å². The summed E-state index contributed by atoms with van der Waals surface area (Å²) < 4.78 is 65.3. The van der Waals surface area contributed by atoms with Crippen LogP contribution in [0.5, 0.6) is 0 Å². The van der Waals surface area contributed by atoms with E-state index in [9.17, 15) is 26.7 Å². The van der Waals surface area contributed by atoms with Crippen molar-refractivity contribution >= 4 is 11.6 Å². The van der Waals surface area contributed by atoms with Crippen LogP contribution in [-0.4, -0.2) is 15.7 Å². The number of anilines is 1. The lowest BCUT2D eigenvalue weighted by Gasteiger charge is -2.08. The largest absolute Gasteiger partial charge is 0.435 e. The van der Waals surface area contributed by atoms with Gasteiger partial charge in [-0.3, -0.25) is 9.48 Å². The molecular formula is C12H8F5N3O. The lowest BCUT2D eigenvalue weighted by atomic mass is 10.2. The van der Waals surface area contributed by atoms with Crippen LogP contribution in [0.3, 0.4) is 0 Å². The van der Waals surface area contributed by atoms with Crippen LogP contribution in [0.1, 0.15) is 16.1 Å². The summed E-state index contributed by atoms with van der Waals surface area (Å²) in [6.07, 6.45) is -4.00. The van der Waals surface area contributed by atoms with Gasteiger partial charge in [0.05, 0.1) is 11.3 Å². The molecule has 112 valence electrons. The first kappa shape index (κ1) is 14.9. The molecule has 0 fully saturated rings. The van der Waals surface area contributed by atoms with Gasteiger partial charge < -0.3 is 5.32 Å². The number of halogens is 5. The first-order chi connectivity index (χ1) is 9.68. The van der Waals surface area contributed by atoms with Crippen molar-refractivity contribution in [3.63, 3.8) is 0 Å². The number of nitrogens with zero attached hydrogens (tertiary/aromatic N) is 2. The quantitative estimate of drug-likeness (QED) is 0.867. The molecule has 4 nitrogen and oxygen atoms in total. The average Bonchev–Trinajstić information content (AvgIpc) is 2.76. The van der Waals surface area contributed by atoms with E-state index in [0.29, 0.717) is 6.07 Å². The Morgan fingerprint density at radius 2 is 1.95 bits per heavy atom. The van der Waals surface area contributed by atoms with Crippen molar-refractivity contribution < 1.29 is 26.7 Å². The fourth-order valence-corrected chi connectivity index (χ4v) is 1.65. The zero-order chi connectivity index (χ0) is 15.8. The second-order valence-corrected chi connectivity index (χ2v) is 4.14. The smallest absolute Gasteiger partial charge is 0.319 e. The average molecular weight is 305 g/mol. The molecule has 1 amide bonds. The summed E-state index contributed by atoms with van der Waals surface area (Å²) in [5.74, 6) is -3.05. The van der Waals surface area contributed by atoms with Crippen LogP contribution < -0.4 is 5.32 Å². The highest BCUT2D eigenvalue weighted by atomic mass is 19.4. The molecule has 21 heavy (non-hydrogen) atoms. The molecule has 0 aliphatic carbocycles. The highest BCUT2D eigenvalue weighted by Gasteiger charge is 2.39. The maximum absolute atomic E-state index is 13.4. The molecule has 0 aliphatic rings. The Bertz CT molecular complexity index is 693. The zero-order valence-electron chi connectivity index (χ0n) is 10.5. The Labute approximate surface area is 115 Å². The molecule has 2 rings (SSSR count). The Morgan fingerprint density at radius 1 is 1.29 bits per heavy atom. The zero-order valence-corrected chi connectivity index (χ0v) is 10.5. The van der Waals surface area contributed by atoms with Crippen LogP contribution >= 0.6 is 0 Å². The van der Waals surface area contributed by atoms with Gasteiger partial charge in [-0.25, -0.2) is 8.78 Å². The molecule has 0 saturated carbocycles. The van der Waals surface area contributed by atoms with E-state index in [-0.39, 0.29) is 0 Å². The van der Waals surface area contributed by atoms with Gasteiger partial charge in [0.15, 0.2) is 5.69 Å². The van der Waals surface area contributed by atoms with Crippen LogP contribution in [0.15, 0.2) is 24.4 Å². The number of hydrogen-bond donors (Lipinski definition) is 1. The number of aryl methyl sites for hydroxylation is 1. The van der Waals surface area contributed by atoms with Gasteiger partial charge in [0.2, 0.25) is 0 Å². The molecule has 0 unspecified atom stereocenters. The van der Waals surface area contributed by atoms with Crippen molar-refractivity contribution in [2.45, 2.75) is 6.18 Å². The highest BCUT2D eigenvalue weighted by molar-refractivity contribution is 6.05. The maximum atomic E-state index is 13.4. The molecule has 0 bridgehead atoms. The predicted octanol–water partition coefficient (Wildman–Crippen LogP) is 2.97. The van der Waals surface area contributed by atoms with Gasteiger partial charge in [0.1, 0.15) is 11.6 Å².